The second kappa shape index (κ2) is 14.0. The van der Waals surface area contributed by atoms with Crippen molar-refractivity contribution in [2.24, 2.45) is 11.8 Å². The molecule has 1 aliphatic rings. The second-order valence-corrected chi connectivity index (χ2v) is 11.1. The van der Waals surface area contributed by atoms with E-state index in [2.05, 4.69) is 16.0 Å². The van der Waals surface area contributed by atoms with E-state index in [1.54, 1.807) is 18.2 Å². The van der Waals surface area contributed by atoms with Gasteiger partial charge in [0.15, 0.2) is 11.5 Å². The summed E-state index contributed by atoms with van der Waals surface area (Å²) in [6, 6.07) is 5.80. The minimum Gasteiger partial charge on any atom is -0.467 e. The quantitative estimate of drug-likeness (QED) is 0.381. The Balaban J connectivity index is 1.63. The van der Waals surface area contributed by atoms with Crippen LogP contribution in [-0.2, 0) is 19.1 Å². The highest BCUT2D eigenvalue weighted by atomic mass is 16.5. The number of amides is 4. The summed E-state index contributed by atoms with van der Waals surface area (Å²) in [5, 5.41) is 8.99. The molecule has 0 spiro atoms. The summed E-state index contributed by atoms with van der Waals surface area (Å²) in [5.74, 6) is -1.55. The van der Waals surface area contributed by atoms with E-state index in [0.29, 0.717) is 31.3 Å². The summed E-state index contributed by atoms with van der Waals surface area (Å²) in [5.41, 5.74) is 0.567. The smallest absolute Gasteiger partial charge is 0.328 e. The maximum absolute atomic E-state index is 13.3. The number of rotatable bonds is 10. The normalized spacial score (nSPS) is 17.3. The Morgan fingerprint density at radius 2 is 1.70 bits per heavy atom. The highest BCUT2D eigenvalue weighted by molar-refractivity contribution is 6.00. The number of carbonyl (C=O) groups is 5. The summed E-state index contributed by atoms with van der Waals surface area (Å²) in [6.07, 6.45) is 1.57. The number of hydrogen-bond acceptors (Lipinski definition) is 7. The zero-order valence-corrected chi connectivity index (χ0v) is 23.8. The molecule has 1 aliphatic heterocycles. The zero-order valence-electron chi connectivity index (χ0n) is 23.8. The molecule has 1 fully saturated rings. The van der Waals surface area contributed by atoms with Gasteiger partial charge in [-0.1, -0.05) is 45.9 Å². The maximum Gasteiger partial charge on any atom is 0.328 e. The number of benzene rings is 1. The van der Waals surface area contributed by atoms with Crippen molar-refractivity contribution in [3.05, 3.63) is 36.1 Å². The predicted octanol–water partition coefficient (Wildman–Crippen LogP) is 3.02. The molecule has 0 aliphatic carbocycles. The van der Waals surface area contributed by atoms with Gasteiger partial charge in [-0.25, -0.2) is 9.59 Å². The third-order valence-electron chi connectivity index (χ3n) is 6.73. The molecule has 40 heavy (non-hydrogen) atoms. The number of hydrogen-bond donors (Lipinski definition) is 3. The molecular formula is C29H40N4O7. The van der Waals surface area contributed by atoms with Crippen LogP contribution in [0.3, 0.4) is 0 Å². The van der Waals surface area contributed by atoms with Gasteiger partial charge in [0.05, 0.1) is 19.7 Å². The molecule has 2 heterocycles. The van der Waals surface area contributed by atoms with Crippen molar-refractivity contribution in [1.82, 2.24) is 20.9 Å². The van der Waals surface area contributed by atoms with Crippen LogP contribution in [0.1, 0.15) is 63.9 Å². The van der Waals surface area contributed by atoms with Gasteiger partial charge in [0.1, 0.15) is 17.7 Å². The van der Waals surface area contributed by atoms with Crippen LogP contribution in [0.5, 0.6) is 0 Å². The van der Waals surface area contributed by atoms with E-state index < -0.39 is 41.9 Å². The van der Waals surface area contributed by atoms with E-state index in [1.807, 2.05) is 39.8 Å². The van der Waals surface area contributed by atoms with Gasteiger partial charge in [0, 0.05) is 11.9 Å². The number of nitrogens with zero attached hydrogens (tertiary/aromatic N) is 1. The largest absolute Gasteiger partial charge is 0.467 e. The van der Waals surface area contributed by atoms with Gasteiger partial charge in [0.2, 0.25) is 5.91 Å². The van der Waals surface area contributed by atoms with Crippen molar-refractivity contribution >= 4 is 40.6 Å². The van der Waals surface area contributed by atoms with Crippen LogP contribution in [0.4, 0.5) is 4.79 Å². The summed E-state index contributed by atoms with van der Waals surface area (Å²) in [7, 11) is 1.26. The lowest BCUT2D eigenvalue weighted by Crippen LogP contribution is -2.53. The van der Waals surface area contributed by atoms with Crippen LogP contribution in [0.25, 0.3) is 11.0 Å². The van der Waals surface area contributed by atoms with Crippen LogP contribution in [-0.4, -0.2) is 72.8 Å². The molecule has 1 aromatic heterocycles. The van der Waals surface area contributed by atoms with Gasteiger partial charge in [-0.15, -0.1) is 0 Å². The minimum atomic E-state index is -0.881. The molecule has 3 N–H and O–H groups in total. The van der Waals surface area contributed by atoms with Gasteiger partial charge in [-0.05, 0) is 49.7 Å². The molecule has 3 rings (SSSR count). The number of furan rings is 1. The number of urea groups is 1. The molecular weight excluding hydrogens is 516 g/mol. The molecule has 0 saturated carbocycles. The molecule has 11 nitrogen and oxygen atoms in total. The summed E-state index contributed by atoms with van der Waals surface area (Å²) in [6.45, 7) is 7.79. The van der Waals surface area contributed by atoms with Gasteiger partial charge >= 0.3 is 12.0 Å². The van der Waals surface area contributed by atoms with Gasteiger partial charge < -0.3 is 30.0 Å². The second-order valence-electron chi connectivity index (χ2n) is 11.1. The highest BCUT2D eigenvalue weighted by Gasteiger charge is 2.33. The van der Waals surface area contributed by atoms with Crippen LogP contribution < -0.4 is 16.0 Å². The number of esters is 1. The lowest BCUT2D eigenvalue weighted by atomic mass is 10.0. The molecule has 1 unspecified atom stereocenters. The van der Waals surface area contributed by atoms with Crippen LogP contribution in [0.2, 0.25) is 0 Å². The Hall–Kier alpha value is -3.89. The third kappa shape index (κ3) is 8.30. The van der Waals surface area contributed by atoms with Crippen LogP contribution in [0.15, 0.2) is 34.7 Å². The first-order valence-electron chi connectivity index (χ1n) is 13.7. The van der Waals surface area contributed by atoms with Crippen molar-refractivity contribution in [2.75, 3.05) is 20.2 Å². The zero-order chi connectivity index (χ0) is 29.4. The van der Waals surface area contributed by atoms with E-state index in [9.17, 15) is 24.0 Å². The third-order valence-corrected chi connectivity index (χ3v) is 6.73. The van der Waals surface area contributed by atoms with Crippen molar-refractivity contribution in [3.8, 4) is 0 Å². The maximum atomic E-state index is 13.3. The van der Waals surface area contributed by atoms with E-state index in [4.69, 9.17) is 9.15 Å². The average Bonchev–Trinajstić information content (AvgIpc) is 3.26. The highest BCUT2D eigenvalue weighted by Crippen LogP contribution is 2.19. The number of carbonyl (C=O) groups excluding carboxylic acids is 5. The minimum absolute atomic E-state index is 0.0874. The summed E-state index contributed by atoms with van der Waals surface area (Å²) < 4.78 is 10.4. The van der Waals surface area contributed by atoms with Crippen molar-refractivity contribution < 1.29 is 33.1 Å². The Kier molecular flexibility index (Phi) is 10.7. The first-order valence-corrected chi connectivity index (χ1v) is 13.7. The number of methoxy groups -OCH3 is 1. The Morgan fingerprint density at radius 1 is 1.02 bits per heavy atom. The van der Waals surface area contributed by atoms with Crippen LogP contribution in [0, 0.1) is 11.8 Å². The molecule has 11 heteroatoms. The summed E-state index contributed by atoms with van der Waals surface area (Å²) in [4.78, 5) is 65.6. The number of para-hydroxylation sites is 1. The van der Waals surface area contributed by atoms with Gasteiger partial charge in [-0.3, -0.25) is 14.4 Å². The fourth-order valence-corrected chi connectivity index (χ4v) is 4.72. The lowest BCUT2D eigenvalue weighted by Gasteiger charge is -2.25. The van der Waals surface area contributed by atoms with E-state index >= 15 is 0 Å². The number of ether oxygens (including phenoxy) is 1. The number of fused-ring (bicyclic) bond motifs is 1. The fraction of sp³-hybridized carbons (Fsp3) is 0.552. The molecule has 1 saturated heterocycles. The van der Waals surface area contributed by atoms with Gasteiger partial charge in [-0.2, -0.15) is 0 Å². The molecule has 3 atom stereocenters. The van der Waals surface area contributed by atoms with Crippen molar-refractivity contribution in [2.45, 2.75) is 71.5 Å². The first kappa shape index (κ1) is 30.6. The van der Waals surface area contributed by atoms with Crippen molar-refractivity contribution in [1.29, 1.82) is 0 Å². The Labute approximate surface area is 234 Å². The molecule has 0 radical (unpaired) electrons. The van der Waals surface area contributed by atoms with E-state index in [0.717, 1.165) is 5.39 Å². The predicted molar refractivity (Wildman–Crippen MR) is 148 cm³/mol. The molecule has 0 bridgehead atoms. The molecule has 218 valence electrons. The van der Waals surface area contributed by atoms with Crippen molar-refractivity contribution in [3.63, 3.8) is 0 Å². The van der Waals surface area contributed by atoms with Gasteiger partial charge in [0.25, 0.3) is 5.91 Å². The Morgan fingerprint density at radius 3 is 2.35 bits per heavy atom. The number of nitrogens with one attached hydrogen (secondary N) is 3. The van der Waals surface area contributed by atoms with Crippen LogP contribution >= 0.6 is 0 Å². The summed E-state index contributed by atoms with van der Waals surface area (Å²) >= 11 is 0. The SMILES string of the molecule is COC(=O)[C@H](CC(C)C)NC(=O)N1CCCC(NC(=O)[C@H](CC(C)C)NC(=O)c2cc3ccccc3o2)C(=O)C1. The van der Waals surface area contributed by atoms with E-state index in [-0.39, 0.29) is 36.5 Å². The monoisotopic (exact) mass is 556 g/mol. The molecule has 2 aromatic rings. The van der Waals surface area contributed by atoms with E-state index in [1.165, 1.54) is 12.0 Å². The number of likely N-dealkylation sites (tertiary alicyclic amines) is 1. The molecule has 4 amide bonds. The number of ketones is 1. The number of Topliss-reactive ketones (excluding diaryl/α,β-unsaturated/α-hetero) is 1. The fourth-order valence-electron chi connectivity index (χ4n) is 4.72. The topological polar surface area (TPSA) is 147 Å². The first-order chi connectivity index (χ1) is 19.0. The Bertz CT molecular complexity index is 1190. The average molecular weight is 557 g/mol. The standard InChI is InChI=1S/C29H40N4O7/c1-17(2)13-21(31-27(36)25-15-19-9-6-7-11-24(19)40-25)26(35)30-20-10-8-12-33(16-23(20)34)29(38)32-22(14-18(3)4)28(37)39-5/h6-7,9,11,15,17-18,20-22H,8,10,12-14,16H2,1-5H3,(H,30,35)(H,31,36)(H,32,38)/t20?,21-,22-/m0/s1. The lowest BCUT2D eigenvalue weighted by molar-refractivity contribution is -0.143. The molecule has 1 aromatic carbocycles.